The Morgan fingerprint density at radius 3 is 2.79 bits per heavy atom. The van der Waals surface area contributed by atoms with Gasteiger partial charge in [0.25, 0.3) is 5.91 Å². The van der Waals surface area contributed by atoms with Gasteiger partial charge in [0.1, 0.15) is 5.82 Å². The Morgan fingerprint density at radius 1 is 1.47 bits per heavy atom. The van der Waals surface area contributed by atoms with E-state index < -0.39 is 22.2 Å². The lowest BCUT2D eigenvalue weighted by molar-refractivity contribution is 0.0594. The van der Waals surface area contributed by atoms with Gasteiger partial charge in [0.15, 0.2) is 0 Å². The summed E-state index contributed by atoms with van der Waals surface area (Å²) in [5, 5.41) is -0.157. The van der Waals surface area contributed by atoms with Gasteiger partial charge in [-0.25, -0.2) is 4.39 Å². The number of carbonyl (C=O) groups excluding carboxylic acids is 1. The second-order valence-electron chi connectivity index (χ2n) is 5.16. The average molecular weight is 304 g/mol. The monoisotopic (exact) mass is 303 g/mol. The number of carbonyl (C=O) groups is 1. The van der Waals surface area contributed by atoms with Gasteiger partial charge in [-0.15, -0.1) is 0 Å². The molecule has 1 aliphatic rings. The van der Waals surface area contributed by atoms with Gasteiger partial charge in [0.2, 0.25) is 0 Å². The first-order chi connectivity index (χ1) is 8.83. The fraction of sp³-hybridized carbons (Fsp3) is 0.462. The molecule has 1 amide bonds. The third-order valence-corrected chi connectivity index (χ3v) is 5.27. The van der Waals surface area contributed by atoms with Crippen molar-refractivity contribution in [3.05, 3.63) is 34.6 Å². The Bertz CT molecular complexity index is 547. The second-order valence-corrected chi connectivity index (χ2v) is 7.11. The molecule has 6 heteroatoms. The molecule has 0 unspecified atom stereocenters. The molecule has 104 valence electrons. The summed E-state index contributed by atoms with van der Waals surface area (Å²) >= 11 is 5.85. The maximum atomic E-state index is 13.4. The molecule has 1 aliphatic heterocycles. The van der Waals surface area contributed by atoms with Crippen molar-refractivity contribution in [2.24, 2.45) is 0 Å². The molecule has 1 heterocycles. The maximum Gasteiger partial charge on any atom is 0.255 e. The number of nitrogens with zero attached hydrogens (tertiary/aromatic N) is 1. The summed E-state index contributed by atoms with van der Waals surface area (Å²) in [6.07, 6.45) is 0. The number of benzene rings is 1. The van der Waals surface area contributed by atoms with E-state index in [0.29, 0.717) is 18.1 Å². The van der Waals surface area contributed by atoms with Crippen molar-refractivity contribution in [1.29, 1.82) is 0 Å². The van der Waals surface area contributed by atoms with E-state index in [9.17, 15) is 13.4 Å². The smallest absolute Gasteiger partial charge is 0.255 e. The largest absolute Gasteiger partial charge is 0.332 e. The lowest BCUT2D eigenvalue weighted by Gasteiger charge is -2.42. The predicted molar refractivity (Wildman–Crippen MR) is 74.4 cm³/mol. The summed E-state index contributed by atoms with van der Waals surface area (Å²) in [6, 6.07) is 4.19. The summed E-state index contributed by atoms with van der Waals surface area (Å²) in [5.41, 5.74) is -0.363. The maximum absolute atomic E-state index is 13.4. The molecule has 2 rings (SSSR count). The first-order valence-electron chi connectivity index (χ1n) is 5.94. The van der Waals surface area contributed by atoms with Crippen molar-refractivity contribution in [3.63, 3.8) is 0 Å². The topological polar surface area (TPSA) is 37.4 Å². The molecule has 0 saturated carbocycles. The SMILES string of the molecule is CC1(C)C[S@@](=O)CCN1C(=O)c1cccc(F)c1Cl. The number of rotatable bonds is 1. The fourth-order valence-corrected chi connectivity index (χ4v) is 3.91. The summed E-state index contributed by atoms with van der Waals surface area (Å²) < 4.78 is 25.0. The summed E-state index contributed by atoms with van der Waals surface area (Å²) in [6.45, 7) is 4.11. The quantitative estimate of drug-likeness (QED) is 0.799. The minimum atomic E-state index is -0.914. The van der Waals surface area contributed by atoms with E-state index in [1.807, 2.05) is 13.8 Å². The molecule has 1 aromatic carbocycles. The van der Waals surface area contributed by atoms with E-state index in [1.165, 1.54) is 18.2 Å². The van der Waals surface area contributed by atoms with Crippen LogP contribution in [0.4, 0.5) is 4.39 Å². The van der Waals surface area contributed by atoms with E-state index in [4.69, 9.17) is 11.6 Å². The zero-order valence-corrected chi connectivity index (χ0v) is 12.4. The van der Waals surface area contributed by atoms with Gasteiger partial charge in [-0.1, -0.05) is 17.7 Å². The van der Waals surface area contributed by atoms with Gasteiger partial charge in [0.05, 0.1) is 10.6 Å². The van der Waals surface area contributed by atoms with Crippen molar-refractivity contribution in [2.45, 2.75) is 19.4 Å². The Labute approximate surface area is 119 Å². The fourth-order valence-electron chi connectivity index (χ4n) is 2.23. The van der Waals surface area contributed by atoms with Crippen molar-refractivity contribution in [1.82, 2.24) is 4.90 Å². The van der Waals surface area contributed by atoms with Crippen molar-refractivity contribution in [3.8, 4) is 0 Å². The van der Waals surface area contributed by atoms with Gasteiger partial charge in [-0.05, 0) is 26.0 Å². The van der Waals surface area contributed by atoms with E-state index in [0.717, 1.165) is 0 Å². The standard InChI is InChI=1S/C13H15ClFNO2S/c1-13(2)8-19(18)7-6-16(13)12(17)9-4-3-5-10(15)11(9)14/h3-5H,6-8H2,1-2H3/t19-/m0/s1. The molecular formula is C13H15ClFNO2S. The van der Waals surface area contributed by atoms with Gasteiger partial charge in [-0.2, -0.15) is 0 Å². The molecule has 0 N–H and O–H groups in total. The highest BCUT2D eigenvalue weighted by Gasteiger charge is 2.37. The predicted octanol–water partition coefficient (Wildman–Crippen LogP) is 2.46. The molecule has 0 radical (unpaired) electrons. The summed E-state index contributed by atoms with van der Waals surface area (Å²) in [7, 11) is -0.914. The number of halogens is 2. The molecule has 0 aliphatic carbocycles. The minimum Gasteiger partial charge on any atom is -0.332 e. The lowest BCUT2D eigenvalue weighted by Crippen LogP contribution is -2.56. The lowest BCUT2D eigenvalue weighted by atomic mass is 10.0. The Kier molecular flexibility index (Phi) is 3.97. The molecule has 0 aromatic heterocycles. The van der Waals surface area contributed by atoms with Crippen LogP contribution < -0.4 is 0 Å². The van der Waals surface area contributed by atoms with E-state index in [2.05, 4.69) is 0 Å². The molecule has 1 fully saturated rings. The summed E-state index contributed by atoms with van der Waals surface area (Å²) in [4.78, 5) is 14.1. The van der Waals surface area contributed by atoms with Crippen LogP contribution in [0.3, 0.4) is 0 Å². The van der Waals surface area contributed by atoms with Crippen LogP contribution in [0.25, 0.3) is 0 Å². The van der Waals surface area contributed by atoms with Crippen molar-refractivity contribution in [2.75, 3.05) is 18.1 Å². The van der Waals surface area contributed by atoms with Gasteiger partial charge >= 0.3 is 0 Å². The van der Waals surface area contributed by atoms with Crippen LogP contribution in [0.2, 0.25) is 5.02 Å². The normalized spacial score (nSPS) is 22.3. The van der Waals surface area contributed by atoms with Crippen LogP contribution in [-0.2, 0) is 10.8 Å². The Balaban J connectivity index is 2.34. The zero-order chi connectivity index (χ0) is 14.2. The molecule has 1 atom stereocenters. The summed E-state index contributed by atoms with van der Waals surface area (Å²) in [5.74, 6) is -0.0505. The van der Waals surface area contributed by atoms with E-state index in [1.54, 1.807) is 4.90 Å². The van der Waals surface area contributed by atoms with E-state index in [-0.39, 0.29) is 16.5 Å². The molecule has 1 aromatic rings. The van der Waals surface area contributed by atoms with Crippen LogP contribution in [-0.4, -0.2) is 38.6 Å². The number of hydrogen-bond donors (Lipinski definition) is 0. The zero-order valence-electron chi connectivity index (χ0n) is 10.8. The molecule has 1 saturated heterocycles. The molecule has 0 bridgehead atoms. The second kappa shape index (κ2) is 5.21. The van der Waals surface area contributed by atoms with E-state index >= 15 is 0 Å². The van der Waals surface area contributed by atoms with Crippen LogP contribution in [0.5, 0.6) is 0 Å². The molecule has 19 heavy (non-hydrogen) atoms. The minimum absolute atomic E-state index is 0.155. The molecular weight excluding hydrogens is 289 g/mol. The third kappa shape index (κ3) is 2.82. The van der Waals surface area contributed by atoms with Gasteiger partial charge in [-0.3, -0.25) is 9.00 Å². The van der Waals surface area contributed by atoms with Crippen molar-refractivity contribution < 1.29 is 13.4 Å². The highest BCUT2D eigenvalue weighted by atomic mass is 35.5. The number of amides is 1. The first kappa shape index (κ1) is 14.5. The van der Waals surface area contributed by atoms with Crippen molar-refractivity contribution >= 4 is 28.3 Å². The first-order valence-corrected chi connectivity index (χ1v) is 7.80. The molecule has 3 nitrogen and oxygen atoms in total. The highest BCUT2D eigenvalue weighted by Crippen LogP contribution is 2.27. The van der Waals surface area contributed by atoms with Gasteiger partial charge in [0, 0.05) is 34.4 Å². The van der Waals surface area contributed by atoms with Crippen LogP contribution >= 0.6 is 11.6 Å². The van der Waals surface area contributed by atoms with Crippen LogP contribution in [0, 0.1) is 5.82 Å². The van der Waals surface area contributed by atoms with Crippen LogP contribution in [0.15, 0.2) is 18.2 Å². The molecule has 0 spiro atoms. The Morgan fingerprint density at radius 2 is 2.16 bits per heavy atom. The van der Waals surface area contributed by atoms with Gasteiger partial charge < -0.3 is 4.90 Å². The Hall–Kier alpha value is -0.940. The number of hydrogen-bond acceptors (Lipinski definition) is 2. The van der Waals surface area contributed by atoms with Crippen LogP contribution in [0.1, 0.15) is 24.2 Å². The highest BCUT2D eigenvalue weighted by molar-refractivity contribution is 7.85. The average Bonchev–Trinajstić information content (AvgIpc) is 2.30. The third-order valence-electron chi connectivity index (χ3n) is 3.21.